The minimum Gasteiger partial charge on any atom is -0.480 e. The van der Waals surface area contributed by atoms with Crippen molar-refractivity contribution in [1.82, 2.24) is 5.32 Å². The summed E-state index contributed by atoms with van der Waals surface area (Å²) in [4.78, 5) is 39.2. The number of nitrogens with one attached hydrogen (secondary N) is 1. The summed E-state index contributed by atoms with van der Waals surface area (Å²) in [6, 6.07) is 6.01. The average Bonchev–Trinajstić information content (AvgIpc) is 2.84. The van der Waals surface area contributed by atoms with Gasteiger partial charge in [-0.1, -0.05) is 51.2 Å². The maximum atomic E-state index is 13.2. The van der Waals surface area contributed by atoms with Gasteiger partial charge in [0.2, 0.25) is 5.91 Å². The number of ether oxygens (including phenoxy) is 1. The topological polar surface area (TPSA) is 95.9 Å². The Kier molecular flexibility index (Phi) is 10.2. The maximum Gasteiger partial charge on any atom is 0.323 e. The van der Waals surface area contributed by atoms with Gasteiger partial charge in [0, 0.05) is 10.6 Å². The van der Waals surface area contributed by atoms with Crippen molar-refractivity contribution in [1.29, 1.82) is 0 Å². The van der Waals surface area contributed by atoms with Crippen LogP contribution in [0.5, 0.6) is 0 Å². The van der Waals surface area contributed by atoms with Crippen molar-refractivity contribution >= 4 is 35.3 Å². The molecule has 0 fully saturated rings. The van der Waals surface area contributed by atoms with Crippen molar-refractivity contribution in [3.05, 3.63) is 24.3 Å². The second-order valence-corrected chi connectivity index (χ2v) is 8.39. The molecule has 0 radical (unpaired) electrons. The molecule has 1 aromatic rings. The molecule has 0 aromatic heterocycles. The van der Waals surface area contributed by atoms with Crippen LogP contribution in [0.3, 0.4) is 0 Å². The molecule has 2 N–H and O–H groups in total. The van der Waals surface area contributed by atoms with Crippen molar-refractivity contribution in [3.63, 3.8) is 0 Å². The number of nitrogens with zero attached hydrogens (tertiary/aromatic N) is 1. The van der Waals surface area contributed by atoms with Gasteiger partial charge in [-0.2, -0.15) is 0 Å². The summed E-state index contributed by atoms with van der Waals surface area (Å²) in [5.74, 6) is -1.37. The smallest absolute Gasteiger partial charge is 0.323 e. The molecule has 0 aliphatic carbocycles. The quantitative estimate of drug-likeness (QED) is 0.383. The lowest BCUT2D eigenvalue weighted by atomic mass is 10.1. The van der Waals surface area contributed by atoms with Crippen molar-refractivity contribution in [2.45, 2.75) is 69.4 Å². The van der Waals surface area contributed by atoms with E-state index in [2.05, 4.69) is 12.2 Å². The molecular weight excluding hydrogens is 404 g/mol. The molecule has 2 unspecified atom stereocenters. The number of carboxylic acid groups (broad SMARTS) is 1. The molecule has 1 aliphatic rings. The molecule has 1 heterocycles. The SMILES string of the molecule is CCCCCCCC(NC1CSc2ccccc2N(CC(=O)O)C1=O)C(=O)OCC. The number of carboxylic acids is 1. The number of aliphatic carboxylic acids is 1. The zero-order valence-corrected chi connectivity index (χ0v) is 18.6. The summed E-state index contributed by atoms with van der Waals surface area (Å²) < 4.78 is 5.22. The van der Waals surface area contributed by atoms with Crippen LogP contribution in [0.1, 0.15) is 52.4 Å². The Morgan fingerprint density at radius 1 is 1.23 bits per heavy atom. The first-order valence-corrected chi connectivity index (χ1v) is 11.6. The number of para-hydroxylation sites is 1. The van der Waals surface area contributed by atoms with Gasteiger partial charge in [-0.15, -0.1) is 11.8 Å². The van der Waals surface area contributed by atoms with E-state index < -0.39 is 24.6 Å². The third-order valence-corrected chi connectivity index (χ3v) is 6.15. The monoisotopic (exact) mass is 436 g/mol. The van der Waals surface area contributed by atoms with Crippen LogP contribution in [0.15, 0.2) is 29.2 Å². The fourth-order valence-corrected chi connectivity index (χ4v) is 4.56. The molecule has 30 heavy (non-hydrogen) atoms. The van der Waals surface area contributed by atoms with Gasteiger partial charge >= 0.3 is 11.9 Å². The molecule has 1 aromatic carbocycles. The number of rotatable bonds is 12. The minimum absolute atomic E-state index is 0.275. The third-order valence-electron chi connectivity index (χ3n) is 4.99. The van der Waals surface area contributed by atoms with Crippen LogP contribution in [0.2, 0.25) is 0 Å². The second-order valence-electron chi connectivity index (χ2n) is 7.32. The molecule has 0 saturated heterocycles. The number of thioether (sulfide) groups is 1. The Balaban J connectivity index is 2.14. The third kappa shape index (κ3) is 7.02. The highest BCUT2D eigenvalue weighted by atomic mass is 32.2. The minimum atomic E-state index is -1.08. The first kappa shape index (κ1) is 24.2. The Morgan fingerprint density at radius 2 is 1.97 bits per heavy atom. The predicted molar refractivity (Wildman–Crippen MR) is 118 cm³/mol. The largest absolute Gasteiger partial charge is 0.480 e. The van der Waals surface area contributed by atoms with E-state index >= 15 is 0 Å². The zero-order valence-electron chi connectivity index (χ0n) is 17.8. The summed E-state index contributed by atoms with van der Waals surface area (Å²) in [5, 5.41) is 12.5. The van der Waals surface area contributed by atoms with Crippen molar-refractivity contribution in [2.75, 3.05) is 23.8 Å². The molecule has 166 valence electrons. The fourth-order valence-electron chi connectivity index (χ4n) is 3.48. The van der Waals surface area contributed by atoms with Gasteiger partial charge in [0.15, 0.2) is 0 Å². The summed E-state index contributed by atoms with van der Waals surface area (Å²) in [6.07, 6.45) is 5.90. The summed E-state index contributed by atoms with van der Waals surface area (Å²) in [6.45, 7) is 3.76. The number of anilines is 1. The number of hydrogen-bond donors (Lipinski definition) is 2. The molecule has 8 heteroatoms. The Morgan fingerprint density at radius 3 is 2.67 bits per heavy atom. The number of benzene rings is 1. The van der Waals surface area contributed by atoms with E-state index in [0.29, 0.717) is 17.9 Å². The summed E-state index contributed by atoms with van der Waals surface area (Å²) in [5.41, 5.74) is 0.589. The Bertz CT molecular complexity index is 727. The molecular formula is C22H32N2O5S. The molecule has 2 atom stereocenters. The summed E-state index contributed by atoms with van der Waals surface area (Å²) >= 11 is 1.48. The van der Waals surface area contributed by atoms with E-state index in [1.807, 2.05) is 12.1 Å². The first-order chi connectivity index (χ1) is 14.5. The molecule has 1 amide bonds. The van der Waals surface area contributed by atoms with Gasteiger partial charge in [-0.3, -0.25) is 24.6 Å². The van der Waals surface area contributed by atoms with Crippen LogP contribution in [0.25, 0.3) is 0 Å². The van der Waals surface area contributed by atoms with Crippen molar-refractivity contribution in [2.24, 2.45) is 0 Å². The summed E-state index contributed by atoms with van der Waals surface area (Å²) in [7, 11) is 0. The van der Waals surface area contributed by atoms with E-state index in [1.165, 1.54) is 16.7 Å². The first-order valence-electron chi connectivity index (χ1n) is 10.7. The molecule has 7 nitrogen and oxygen atoms in total. The predicted octanol–water partition coefficient (Wildman–Crippen LogP) is 3.46. The van der Waals surface area contributed by atoms with E-state index in [1.54, 1.807) is 19.1 Å². The van der Waals surface area contributed by atoms with E-state index in [0.717, 1.165) is 37.0 Å². The van der Waals surface area contributed by atoms with Gasteiger partial charge in [0.05, 0.1) is 18.3 Å². The van der Waals surface area contributed by atoms with Crippen LogP contribution in [-0.2, 0) is 19.1 Å². The lowest BCUT2D eigenvalue weighted by Crippen LogP contribution is -2.54. The number of fused-ring (bicyclic) bond motifs is 1. The zero-order chi connectivity index (χ0) is 21.9. The van der Waals surface area contributed by atoms with Crippen molar-refractivity contribution in [3.8, 4) is 0 Å². The van der Waals surface area contributed by atoms with Crippen LogP contribution in [-0.4, -0.2) is 53.9 Å². The van der Waals surface area contributed by atoms with Gasteiger partial charge in [0.1, 0.15) is 12.6 Å². The number of carbonyl (C=O) groups excluding carboxylic acids is 2. The van der Waals surface area contributed by atoms with E-state index in [9.17, 15) is 19.5 Å². The number of amides is 1. The number of hydrogen-bond acceptors (Lipinski definition) is 6. The molecule has 0 spiro atoms. The molecule has 0 bridgehead atoms. The van der Waals surface area contributed by atoms with Gasteiger partial charge in [-0.05, 0) is 25.5 Å². The fraction of sp³-hybridized carbons (Fsp3) is 0.591. The van der Waals surface area contributed by atoms with E-state index in [-0.39, 0.29) is 18.5 Å². The van der Waals surface area contributed by atoms with Crippen molar-refractivity contribution < 1.29 is 24.2 Å². The highest BCUT2D eigenvalue weighted by molar-refractivity contribution is 7.99. The van der Waals surface area contributed by atoms with E-state index in [4.69, 9.17) is 4.74 Å². The van der Waals surface area contributed by atoms with Crippen LogP contribution < -0.4 is 10.2 Å². The standard InChI is InChI=1S/C22H32N2O5S/c1-3-5-6-7-8-11-16(22(28)29-4-2)23-17-15-30-19-13-10-9-12-18(19)24(21(17)27)14-20(25)26/h9-10,12-13,16-17,23H,3-8,11,14-15H2,1-2H3,(H,25,26). The highest BCUT2D eigenvalue weighted by Crippen LogP contribution is 2.34. The molecule has 0 saturated carbocycles. The van der Waals surface area contributed by atoms with Gasteiger partial charge < -0.3 is 9.84 Å². The number of esters is 1. The van der Waals surface area contributed by atoms with Crippen LogP contribution >= 0.6 is 11.8 Å². The molecule has 1 aliphatic heterocycles. The molecule has 2 rings (SSSR count). The average molecular weight is 437 g/mol. The number of unbranched alkanes of at least 4 members (excludes halogenated alkanes) is 4. The van der Waals surface area contributed by atoms with Crippen LogP contribution in [0.4, 0.5) is 5.69 Å². The highest BCUT2D eigenvalue weighted by Gasteiger charge is 2.34. The van der Waals surface area contributed by atoms with Crippen LogP contribution in [0, 0.1) is 0 Å². The van der Waals surface area contributed by atoms with Gasteiger partial charge in [0.25, 0.3) is 0 Å². The Labute approximate surface area is 182 Å². The lowest BCUT2D eigenvalue weighted by molar-refractivity contribution is -0.146. The van der Waals surface area contributed by atoms with Gasteiger partial charge in [-0.25, -0.2) is 0 Å². The lowest BCUT2D eigenvalue weighted by Gasteiger charge is -2.27. The Hall–Kier alpha value is -2.06. The second kappa shape index (κ2) is 12.6. The normalized spacial score (nSPS) is 17.2. The maximum absolute atomic E-state index is 13.2. The number of carbonyl (C=O) groups is 3.